The average Bonchev–Trinajstić information content (AvgIpc) is 2.84. The van der Waals surface area contributed by atoms with Crippen molar-refractivity contribution in [2.75, 3.05) is 0 Å². The molecular weight excluding hydrogens is 286 g/mol. The zero-order valence-electron chi connectivity index (χ0n) is 9.27. The van der Waals surface area contributed by atoms with Crippen molar-refractivity contribution >= 4 is 27.3 Å². The highest BCUT2D eigenvalue weighted by Crippen LogP contribution is 2.25. The van der Waals surface area contributed by atoms with Gasteiger partial charge in [-0.15, -0.1) is 11.3 Å². The minimum atomic E-state index is 0.372. The summed E-state index contributed by atoms with van der Waals surface area (Å²) in [5.41, 5.74) is 1.21. The molecule has 86 valence electrons. The third-order valence-electron chi connectivity index (χ3n) is 2.39. The van der Waals surface area contributed by atoms with Gasteiger partial charge in [-0.25, -0.2) is 0 Å². The van der Waals surface area contributed by atoms with Crippen LogP contribution in [-0.2, 0) is 13.6 Å². The molecule has 0 aliphatic rings. The maximum atomic E-state index is 4.14. The van der Waals surface area contributed by atoms with Crippen molar-refractivity contribution in [1.29, 1.82) is 0 Å². The van der Waals surface area contributed by atoms with E-state index in [0.29, 0.717) is 6.04 Å². The predicted molar refractivity (Wildman–Crippen MR) is 70.5 cm³/mol. The van der Waals surface area contributed by atoms with Gasteiger partial charge >= 0.3 is 0 Å². The van der Waals surface area contributed by atoms with Crippen molar-refractivity contribution in [2.24, 2.45) is 7.05 Å². The fraction of sp³-hybridized carbons (Fsp3) is 0.364. The molecule has 0 saturated heterocycles. The Kier molecular flexibility index (Phi) is 3.78. The molecule has 1 unspecified atom stereocenters. The number of hydrogen-bond acceptors (Lipinski definition) is 3. The monoisotopic (exact) mass is 299 g/mol. The summed E-state index contributed by atoms with van der Waals surface area (Å²) in [4.78, 5) is 1.34. The Morgan fingerprint density at radius 1 is 1.62 bits per heavy atom. The molecule has 1 N–H and O–H groups in total. The largest absolute Gasteiger partial charge is 0.305 e. The molecule has 16 heavy (non-hydrogen) atoms. The maximum Gasteiger partial charge on any atom is 0.0534 e. The number of aryl methyl sites for hydroxylation is 1. The highest BCUT2D eigenvalue weighted by Gasteiger charge is 2.07. The van der Waals surface area contributed by atoms with Crippen LogP contribution in [0.15, 0.2) is 28.3 Å². The molecule has 2 aromatic rings. The van der Waals surface area contributed by atoms with Gasteiger partial charge in [0.25, 0.3) is 0 Å². The fourth-order valence-corrected chi connectivity index (χ4v) is 2.97. The smallest absolute Gasteiger partial charge is 0.0534 e. The van der Waals surface area contributed by atoms with Crippen LogP contribution in [0.2, 0.25) is 0 Å². The van der Waals surface area contributed by atoms with Crippen LogP contribution in [0.5, 0.6) is 0 Å². The molecule has 5 heteroatoms. The van der Waals surface area contributed by atoms with Crippen molar-refractivity contribution < 1.29 is 0 Å². The Labute approximate surface area is 108 Å². The van der Waals surface area contributed by atoms with E-state index in [9.17, 15) is 0 Å². The quantitative estimate of drug-likeness (QED) is 0.940. The van der Waals surface area contributed by atoms with Crippen LogP contribution in [0.1, 0.15) is 23.4 Å². The van der Waals surface area contributed by atoms with Gasteiger partial charge in [0.1, 0.15) is 0 Å². The van der Waals surface area contributed by atoms with E-state index in [0.717, 1.165) is 11.0 Å². The zero-order valence-corrected chi connectivity index (χ0v) is 11.7. The minimum Gasteiger partial charge on any atom is -0.305 e. The molecule has 0 radical (unpaired) electrons. The first-order valence-corrected chi connectivity index (χ1v) is 6.77. The number of halogens is 1. The normalized spacial score (nSPS) is 12.9. The Morgan fingerprint density at radius 2 is 2.44 bits per heavy atom. The molecule has 0 bridgehead atoms. The van der Waals surface area contributed by atoms with E-state index in [1.807, 2.05) is 24.1 Å². The van der Waals surface area contributed by atoms with E-state index in [1.165, 1.54) is 10.4 Å². The molecule has 0 spiro atoms. The number of aromatic nitrogens is 2. The Morgan fingerprint density at radius 3 is 3.00 bits per heavy atom. The summed E-state index contributed by atoms with van der Waals surface area (Å²) < 4.78 is 2.98. The van der Waals surface area contributed by atoms with Gasteiger partial charge in [0.2, 0.25) is 0 Å². The Bertz CT molecular complexity index is 463. The Balaban J connectivity index is 1.91. The summed E-state index contributed by atoms with van der Waals surface area (Å²) in [5.74, 6) is 0. The molecule has 3 nitrogen and oxygen atoms in total. The standard InChI is InChI=1S/C11H14BrN3S/c1-8(11-3-10(12)7-16-11)13-4-9-5-14-15(2)6-9/h3,5-8,13H,4H2,1-2H3. The van der Waals surface area contributed by atoms with Gasteiger partial charge in [0, 0.05) is 46.1 Å². The van der Waals surface area contributed by atoms with Crippen LogP contribution in [0.3, 0.4) is 0 Å². The zero-order chi connectivity index (χ0) is 11.5. The van der Waals surface area contributed by atoms with Gasteiger partial charge in [-0.1, -0.05) is 0 Å². The van der Waals surface area contributed by atoms with E-state index in [4.69, 9.17) is 0 Å². The lowest BCUT2D eigenvalue weighted by Crippen LogP contribution is -2.16. The molecule has 0 aliphatic carbocycles. The number of thiophene rings is 1. The van der Waals surface area contributed by atoms with Crippen LogP contribution >= 0.6 is 27.3 Å². The van der Waals surface area contributed by atoms with E-state index in [-0.39, 0.29) is 0 Å². The number of hydrogen-bond donors (Lipinski definition) is 1. The number of rotatable bonds is 4. The fourth-order valence-electron chi connectivity index (χ4n) is 1.49. The van der Waals surface area contributed by atoms with Crippen molar-refractivity contribution in [1.82, 2.24) is 15.1 Å². The van der Waals surface area contributed by atoms with Crippen LogP contribution in [-0.4, -0.2) is 9.78 Å². The van der Waals surface area contributed by atoms with Crippen molar-refractivity contribution in [2.45, 2.75) is 19.5 Å². The lowest BCUT2D eigenvalue weighted by atomic mass is 10.2. The summed E-state index contributed by atoms with van der Waals surface area (Å²) in [6.45, 7) is 3.03. The average molecular weight is 300 g/mol. The van der Waals surface area contributed by atoms with E-state index >= 15 is 0 Å². The first-order valence-electron chi connectivity index (χ1n) is 5.10. The molecular formula is C11H14BrN3S. The number of nitrogens with one attached hydrogen (secondary N) is 1. The van der Waals surface area contributed by atoms with E-state index < -0.39 is 0 Å². The van der Waals surface area contributed by atoms with Gasteiger partial charge in [0.15, 0.2) is 0 Å². The molecule has 1 atom stereocenters. The Hall–Kier alpha value is -0.650. The first kappa shape index (κ1) is 11.8. The van der Waals surface area contributed by atoms with Crippen molar-refractivity contribution in [3.63, 3.8) is 0 Å². The maximum absolute atomic E-state index is 4.14. The molecule has 0 amide bonds. The third-order valence-corrected chi connectivity index (χ3v) is 4.26. The topological polar surface area (TPSA) is 29.9 Å². The second kappa shape index (κ2) is 5.12. The number of nitrogens with zero attached hydrogens (tertiary/aromatic N) is 2. The molecule has 0 aliphatic heterocycles. The van der Waals surface area contributed by atoms with Gasteiger partial charge < -0.3 is 5.32 Å². The second-order valence-corrected chi connectivity index (χ2v) is 5.65. The molecule has 0 aromatic carbocycles. The highest BCUT2D eigenvalue weighted by atomic mass is 79.9. The van der Waals surface area contributed by atoms with Crippen LogP contribution < -0.4 is 5.32 Å². The third kappa shape index (κ3) is 2.93. The predicted octanol–water partition coefficient (Wildman–Crippen LogP) is 3.09. The van der Waals surface area contributed by atoms with Crippen LogP contribution in [0.4, 0.5) is 0 Å². The summed E-state index contributed by atoms with van der Waals surface area (Å²) in [5, 5.41) is 9.73. The SMILES string of the molecule is CC(NCc1cnn(C)c1)c1cc(Br)cs1. The molecule has 2 heterocycles. The molecule has 0 saturated carbocycles. The summed E-state index contributed by atoms with van der Waals surface area (Å²) >= 11 is 5.24. The molecule has 2 aromatic heterocycles. The van der Waals surface area contributed by atoms with Crippen LogP contribution in [0, 0.1) is 0 Å². The van der Waals surface area contributed by atoms with Crippen molar-refractivity contribution in [3.8, 4) is 0 Å². The summed E-state index contributed by atoms with van der Waals surface area (Å²) in [6, 6.07) is 2.53. The van der Waals surface area contributed by atoms with Gasteiger partial charge in [-0.3, -0.25) is 4.68 Å². The summed E-state index contributed by atoms with van der Waals surface area (Å²) in [6.07, 6.45) is 3.92. The second-order valence-electron chi connectivity index (χ2n) is 3.79. The van der Waals surface area contributed by atoms with E-state index in [2.05, 4.69) is 44.7 Å². The molecule has 2 rings (SSSR count). The first-order chi connectivity index (χ1) is 7.65. The van der Waals surface area contributed by atoms with E-state index in [1.54, 1.807) is 11.3 Å². The van der Waals surface area contributed by atoms with Crippen LogP contribution in [0.25, 0.3) is 0 Å². The van der Waals surface area contributed by atoms with Crippen molar-refractivity contribution in [3.05, 3.63) is 38.8 Å². The lowest BCUT2D eigenvalue weighted by molar-refractivity contribution is 0.582. The molecule has 0 fully saturated rings. The van der Waals surface area contributed by atoms with Gasteiger partial charge in [-0.2, -0.15) is 5.10 Å². The van der Waals surface area contributed by atoms with Gasteiger partial charge in [-0.05, 0) is 28.9 Å². The lowest BCUT2D eigenvalue weighted by Gasteiger charge is -2.10. The summed E-state index contributed by atoms with van der Waals surface area (Å²) in [7, 11) is 1.93. The minimum absolute atomic E-state index is 0.372. The highest BCUT2D eigenvalue weighted by molar-refractivity contribution is 9.10. The van der Waals surface area contributed by atoms with Gasteiger partial charge in [0.05, 0.1) is 6.20 Å².